The second kappa shape index (κ2) is 7.57. The summed E-state index contributed by atoms with van der Waals surface area (Å²) in [5.74, 6) is 0.346. The lowest BCUT2D eigenvalue weighted by Gasteiger charge is -2.39. The fourth-order valence-corrected chi connectivity index (χ4v) is 3.56. The molecule has 1 aromatic heterocycles. The number of hydrogen-bond donors (Lipinski definition) is 1. The van der Waals surface area contributed by atoms with Crippen LogP contribution in [-0.4, -0.2) is 25.1 Å². The number of benzene rings is 1. The molecule has 0 amide bonds. The Hall–Kier alpha value is -2.59. The van der Waals surface area contributed by atoms with Gasteiger partial charge in [-0.05, 0) is 31.5 Å². The summed E-state index contributed by atoms with van der Waals surface area (Å²) in [6.07, 6.45) is -3.39. The van der Waals surface area contributed by atoms with Crippen LogP contribution in [0.1, 0.15) is 29.7 Å². The van der Waals surface area contributed by atoms with E-state index in [1.54, 1.807) is 7.05 Å². The van der Waals surface area contributed by atoms with Crippen LogP contribution >= 0.6 is 0 Å². The van der Waals surface area contributed by atoms with Crippen molar-refractivity contribution in [2.24, 2.45) is 0 Å². The maximum absolute atomic E-state index is 13.1. The molecule has 27 heavy (non-hydrogen) atoms. The van der Waals surface area contributed by atoms with Gasteiger partial charge in [-0.3, -0.25) is 0 Å². The van der Waals surface area contributed by atoms with Crippen LogP contribution < -0.4 is 10.2 Å². The first kappa shape index (κ1) is 19.2. The van der Waals surface area contributed by atoms with E-state index in [0.717, 1.165) is 17.2 Å². The highest BCUT2D eigenvalue weighted by Crippen LogP contribution is 2.37. The Balaban J connectivity index is 1.88. The normalized spacial score (nSPS) is 16.8. The SMILES string of the molecule is CNCc1ccc(C(F)(F)F)nc1N1CCC(C#N)(c2ccccc2)CC1. The molecule has 1 N–H and O–H groups in total. The Kier molecular flexibility index (Phi) is 5.38. The highest BCUT2D eigenvalue weighted by Gasteiger charge is 2.38. The zero-order valence-electron chi connectivity index (χ0n) is 15.1. The van der Waals surface area contributed by atoms with Gasteiger partial charge in [-0.2, -0.15) is 18.4 Å². The molecule has 0 radical (unpaired) electrons. The number of nitrogens with zero attached hydrogens (tertiary/aromatic N) is 3. The van der Waals surface area contributed by atoms with Crippen LogP contribution in [0.5, 0.6) is 0 Å². The van der Waals surface area contributed by atoms with Crippen LogP contribution in [0.15, 0.2) is 42.5 Å². The quantitative estimate of drug-likeness (QED) is 0.882. The summed E-state index contributed by atoms with van der Waals surface area (Å²) < 4.78 is 39.3. The van der Waals surface area contributed by atoms with E-state index in [0.29, 0.717) is 38.3 Å². The number of halogens is 3. The smallest absolute Gasteiger partial charge is 0.356 e. The molecule has 0 saturated carbocycles. The maximum atomic E-state index is 13.1. The molecule has 2 aromatic rings. The molecule has 0 aliphatic carbocycles. The third-order valence-electron chi connectivity index (χ3n) is 5.07. The Morgan fingerprint density at radius 2 is 1.81 bits per heavy atom. The topological polar surface area (TPSA) is 52.0 Å². The fourth-order valence-electron chi connectivity index (χ4n) is 3.56. The molecule has 7 heteroatoms. The number of anilines is 1. The zero-order chi connectivity index (χ0) is 19.5. The molecule has 1 saturated heterocycles. The van der Waals surface area contributed by atoms with E-state index in [9.17, 15) is 18.4 Å². The van der Waals surface area contributed by atoms with Crippen LogP contribution in [0.4, 0.5) is 19.0 Å². The van der Waals surface area contributed by atoms with Gasteiger partial charge in [0, 0.05) is 25.2 Å². The molecular weight excluding hydrogens is 353 g/mol. The van der Waals surface area contributed by atoms with E-state index in [-0.39, 0.29) is 0 Å². The Morgan fingerprint density at radius 1 is 1.15 bits per heavy atom. The first-order valence-electron chi connectivity index (χ1n) is 8.83. The van der Waals surface area contributed by atoms with Crippen molar-refractivity contribution in [3.05, 3.63) is 59.3 Å². The van der Waals surface area contributed by atoms with Gasteiger partial charge in [-0.15, -0.1) is 0 Å². The number of hydrogen-bond acceptors (Lipinski definition) is 4. The number of nitriles is 1. The summed E-state index contributed by atoms with van der Waals surface area (Å²) >= 11 is 0. The first-order valence-corrected chi connectivity index (χ1v) is 8.83. The molecule has 4 nitrogen and oxygen atoms in total. The number of aromatic nitrogens is 1. The lowest BCUT2D eigenvalue weighted by Crippen LogP contribution is -2.43. The molecule has 0 bridgehead atoms. The van der Waals surface area contributed by atoms with Crippen molar-refractivity contribution in [2.75, 3.05) is 25.0 Å². The van der Waals surface area contributed by atoms with E-state index in [4.69, 9.17) is 0 Å². The molecule has 2 heterocycles. The molecular formula is C20H21F3N4. The monoisotopic (exact) mass is 374 g/mol. The number of alkyl halides is 3. The van der Waals surface area contributed by atoms with Gasteiger partial charge in [0.25, 0.3) is 0 Å². The van der Waals surface area contributed by atoms with Crippen molar-refractivity contribution in [3.63, 3.8) is 0 Å². The Bertz CT molecular complexity index is 819. The van der Waals surface area contributed by atoms with Crippen molar-refractivity contribution < 1.29 is 13.2 Å². The highest BCUT2D eigenvalue weighted by molar-refractivity contribution is 5.50. The largest absolute Gasteiger partial charge is 0.433 e. The van der Waals surface area contributed by atoms with E-state index in [1.807, 2.05) is 35.2 Å². The first-order chi connectivity index (χ1) is 12.9. The van der Waals surface area contributed by atoms with Crippen LogP contribution in [0, 0.1) is 11.3 Å². The van der Waals surface area contributed by atoms with Crippen LogP contribution in [0.2, 0.25) is 0 Å². The van der Waals surface area contributed by atoms with Gasteiger partial charge >= 0.3 is 6.18 Å². The van der Waals surface area contributed by atoms with E-state index < -0.39 is 17.3 Å². The second-order valence-corrected chi connectivity index (χ2v) is 6.75. The summed E-state index contributed by atoms with van der Waals surface area (Å²) in [5.41, 5.74) is 0.176. The van der Waals surface area contributed by atoms with E-state index >= 15 is 0 Å². The zero-order valence-corrected chi connectivity index (χ0v) is 15.1. The molecule has 0 atom stereocenters. The summed E-state index contributed by atoms with van der Waals surface area (Å²) in [7, 11) is 1.74. The van der Waals surface area contributed by atoms with Gasteiger partial charge in [0.1, 0.15) is 11.5 Å². The third kappa shape index (κ3) is 3.91. The van der Waals surface area contributed by atoms with Crippen molar-refractivity contribution in [3.8, 4) is 6.07 Å². The lowest BCUT2D eigenvalue weighted by molar-refractivity contribution is -0.141. The maximum Gasteiger partial charge on any atom is 0.433 e. The van der Waals surface area contributed by atoms with E-state index in [1.165, 1.54) is 6.07 Å². The minimum absolute atomic E-state index is 0.346. The van der Waals surface area contributed by atoms with Gasteiger partial charge in [0.15, 0.2) is 0 Å². The molecule has 0 spiro atoms. The second-order valence-electron chi connectivity index (χ2n) is 6.75. The summed E-state index contributed by atoms with van der Waals surface area (Å²) in [5, 5.41) is 12.8. The molecule has 3 rings (SSSR count). The minimum Gasteiger partial charge on any atom is -0.356 e. The van der Waals surface area contributed by atoms with E-state index in [2.05, 4.69) is 16.4 Å². The minimum atomic E-state index is -4.48. The summed E-state index contributed by atoms with van der Waals surface area (Å²) in [6, 6.07) is 14.5. The van der Waals surface area contributed by atoms with Crippen LogP contribution in [0.25, 0.3) is 0 Å². The average Bonchev–Trinajstić information content (AvgIpc) is 2.68. The Morgan fingerprint density at radius 3 is 2.37 bits per heavy atom. The van der Waals surface area contributed by atoms with Crippen molar-refractivity contribution in [2.45, 2.75) is 31.0 Å². The fraction of sp³-hybridized carbons (Fsp3) is 0.400. The number of rotatable bonds is 4. The molecule has 1 aromatic carbocycles. The average molecular weight is 374 g/mol. The number of piperidine rings is 1. The predicted octanol–water partition coefficient (Wildman–Crippen LogP) is 3.88. The molecule has 0 unspecified atom stereocenters. The molecule has 1 aliphatic heterocycles. The number of pyridine rings is 1. The molecule has 1 fully saturated rings. The molecule has 142 valence electrons. The summed E-state index contributed by atoms with van der Waals surface area (Å²) in [6.45, 7) is 1.39. The summed E-state index contributed by atoms with van der Waals surface area (Å²) in [4.78, 5) is 5.77. The van der Waals surface area contributed by atoms with Crippen LogP contribution in [-0.2, 0) is 18.1 Å². The number of nitrogens with one attached hydrogen (secondary N) is 1. The lowest BCUT2D eigenvalue weighted by atomic mass is 9.74. The predicted molar refractivity (Wildman–Crippen MR) is 97.2 cm³/mol. The van der Waals surface area contributed by atoms with Crippen molar-refractivity contribution in [1.29, 1.82) is 5.26 Å². The third-order valence-corrected chi connectivity index (χ3v) is 5.07. The van der Waals surface area contributed by atoms with Gasteiger partial charge in [-0.1, -0.05) is 36.4 Å². The highest BCUT2D eigenvalue weighted by atomic mass is 19.4. The van der Waals surface area contributed by atoms with Gasteiger partial charge in [-0.25, -0.2) is 4.98 Å². The Labute approximate surface area is 156 Å². The van der Waals surface area contributed by atoms with Gasteiger partial charge in [0.2, 0.25) is 0 Å². The van der Waals surface area contributed by atoms with Gasteiger partial charge in [0.05, 0.1) is 11.5 Å². The van der Waals surface area contributed by atoms with Gasteiger partial charge < -0.3 is 10.2 Å². The standard InChI is InChI=1S/C20H21F3N4/c1-25-13-15-7-8-17(20(21,22)23)26-18(15)27-11-9-19(14-24,10-12-27)16-5-3-2-4-6-16/h2-8,25H,9-13H2,1H3. The molecule has 1 aliphatic rings. The van der Waals surface area contributed by atoms with Crippen LogP contribution in [0.3, 0.4) is 0 Å². The van der Waals surface area contributed by atoms with Crippen molar-refractivity contribution in [1.82, 2.24) is 10.3 Å². The van der Waals surface area contributed by atoms with Crippen molar-refractivity contribution >= 4 is 5.82 Å².